The Labute approximate surface area is 99.5 Å². The predicted octanol–water partition coefficient (Wildman–Crippen LogP) is 1.02. The first-order valence-electron chi connectivity index (χ1n) is 5.69. The van der Waals surface area contributed by atoms with Gasteiger partial charge in [-0.1, -0.05) is 0 Å². The number of nitrogens with one attached hydrogen (secondary N) is 1. The lowest BCUT2D eigenvalue weighted by atomic mass is 10.1. The average molecular weight is 237 g/mol. The third kappa shape index (κ3) is 2.87. The molecule has 1 amide bonds. The summed E-state index contributed by atoms with van der Waals surface area (Å²) >= 11 is 0. The molecule has 5 nitrogen and oxygen atoms in total. The summed E-state index contributed by atoms with van der Waals surface area (Å²) in [6.07, 6.45) is 4.90. The van der Waals surface area contributed by atoms with Gasteiger partial charge in [0.15, 0.2) is 0 Å². The number of carbonyl (C=O) groups is 2. The zero-order chi connectivity index (χ0) is 12.3. The first kappa shape index (κ1) is 11.7. The SMILES string of the molecule is CC1=CC(OC=C2CCCCNC2=O)OC1=O. The molecule has 1 saturated heterocycles. The largest absolute Gasteiger partial charge is 0.458 e. The van der Waals surface area contributed by atoms with Crippen LogP contribution in [0.4, 0.5) is 0 Å². The summed E-state index contributed by atoms with van der Waals surface area (Å²) in [6.45, 7) is 2.37. The van der Waals surface area contributed by atoms with E-state index in [1.807, 2.05) is 0 Å². The lowest BCUT2D eigenvalue weighted by Crippen LogP contribution is -2.23. The Bertz CT molecular complexity index is 397. The van der Waals surface area contributed by atoms with Crippen molar-refractivity contribution >= 4 is 11.9 Å². The molecule has 92 valence electrons. The highest BCUT2D eigenvalue weighted by molar-refractivity contribution is 5.93. The molecular weight excluding hydrogens is 222 g/mol. The van der Waals surface area contributed by atoms with Gasteiger partial charge in [-0.15, -0.1) is 0 Å². The summed E-state index contributed by atoms with van der Waals surface area (Å²) in [5.74, 6) is -0.480. The third-order valence-corrected chi connectivity index (χ3v) is 2.73. The topological polar surface area (TPSA) is 64.6 Å². The molecule has 17 heavy (non-hydrogen) atoms. The minimum absolute atomic E-state index is 0.104. The molecule has 0 aromatic carbocycles. The van der Waals surface area contributed by atoms with Gasteiger partial charge < -0.3 is 14.8 Å². The van der Waals surface area contributed by atoms with Gasteiger partial charge in [0, 0.05) is 18.2 Å². The number of esters is 1. The molecule has 0 radical (unpaired) electrons. The van der Waals surface area contributed by atoms with Gasteiger partial charge in [-0.2, -0.15) is 0 Å². The molecule has 1 atom stereocenters. The van der Waals surface area contributed by atoms with Gasteiger partial charge in [-0.05, 0) is 26.2 Å². The van der Waals surface area contributed by atoms with E-state index < -0.39 is 6.29 Å². The van der Waals surface area contributed by atoms with Crippen LogP contribution in [0.5, 0.6) is 0 Å². The predicted molar refractivity (Wildman–Crippen MR) is 59.7 cm³/mol. The van der Waals surface area contributed by atoms with Crippen molar-refractivity contribution in [2.45, 2.75) is 32.5 Å². The van der Waals surface area contributed by atoms with Crippen molar-refractivity contribution in [3.63, 3.8) is 0 Å². The van der Waals surface area contributed by atoms with Gasteiger partial charge >= 0.3 is 5.97 Å². The number of hydrogen-bond donors (Lipinski definition) is 1. The number of hydrogen-bond acceptors (Lipinski definition) is 4. The Morgan fingerprint density at radius 2 is 2.29 bits per heavy atom. The van der Waals surface area contributed by atoms with Gasteiger partial charge in [0.2, 0.25) is 5.91 Å². The summed E-state index contributed by atoms with van der Waals surface area (Å²) in [4.78, 5) is 22.6. The van der Waals surface area contributed by atoms with Gasteiger partial charge in [0.05, 0.1) is 11.8 Å². The first-order chi connectivity index (χ1) is 8.16. The molecule has 1 unspecified atom stereocenters. The quantitative estimate of drug-likeness (QED) is 0.442. The van der Waals surface area contributed by atoms with E-state index in [9.17, 15) is 9.59 Å². The Morgan fingerprint density at radius 1 is 1.47 bits per heavy atom. The number of carbonyl (C=O) groups excluding carboxylic acids is 2. The van der Waals surface area contributed by atoms with Crippen LogP contribution in [0.3, 0.4) is 0 Å². The monoisotopic (exact) mass is 237 g/mol. The first-order valence-corrected chi connectivity index (χ1v) is 5.69. The van der Waals surface area contributed by atoms with Gasteiger partial charge in [-0.3, -0.25) is 4.79 Å². The zero-order valence-electron chi connectivity index (χ0n) is 9.69. The highest BCUT2D eigenvalue weighted by Crippen LogP contribution is 2.17. The van der Waals surface area contributed by atoms with E-state index in [-0.39, 0.29) is 11.9 Å². The smallest absolute Gasteiger partial charge is 0.336 e. The van der Waals surface area contributed by atoms with Crippen molar-refractivity contribution in [2.75, 3.05) is 6.54 Å². The van der Waals surface area contributed by atoms with E-state index in [0.717, 1.165) is 12.8 Å². The summed E-state index contributed by atoms with van der Waals surface area (Å²) < 4.78 is 10.2. The minimum Gasteiger partial charge on any atom is -0.458 e. The maximum Gasteiger partial charge on any atom is 0.336 e. The molecule has 1 N–H and O–H groups in total. The fourth-order valence-electron chi connectivity index (χ4n) is 1.70. The minimum atomic E-state index is -0.703. The molecule has 5 heteroatoms. The molecule has 2 heterocycles. The van der Waals surface area contributed by atoms with Gasteiger partial charge in [-0.25, -0.2) is 4.79 Å². The van der Waals surface area contributed by atoms with Gasteiger partial charge in [0.25, 0.3) is 6.29 Å². The van der Waals surface area contributed by atoms with Gasteiger partial charge in [0.1, 0.15) is 0 Å². The second kappa shape index (κ2) is 5.03. The zero-order valence-corrected chi connectivity index (χ0v) is 9.69. The van der Waals surface area contributed by atoms with Crippen molar-refractivity contribution in [3.8, 4) is 0 Å². The number of cyclic esters (lactones) is 1. The second-order valence-corrected chi connectivity index (χ2v) is 4.12. The van der Waals surface area contributed by atoms with Crippen molar-refractivity contribution < 1.29 is 19.1 Å². The molecule has 0 aliphatic carbocycles. The van der Waals surface area contributed by atoms with Crippen LogP contribution in [0.25, 0.3) is 0 Å². The van der Waals surface area contributed by atoms with Crippen LogP contribution in [0.2, 0.25) is 0 Å². The van der Waals surface area contributed by atoms with E-state index >= 15 is 0 Å². The standard InChI is InChI=1S/C12H15NO4/c1-8-6-10(17-12(8)15)16-7-9-4-2-3-5-13-11(9)14/h6-7,10H,2-5H2,1H3,(H,13,14). The van der Waals surface area contributed by atoms with Crippen LogP contribution in [-0.2, 0) is 19.1 Å². The lowest BCUT2D eigenvalue weighted by molar-refractivity contribution is -0.152. The van der Waals surface area contributed by atoms with Crippen molar-refractivity contribution in [2.24, 2.45) is 0 Å². The summed E-state index contributed by atoms with van der Waals surface area (Å²) in [6, 6.07) is 0. The van der Waals surface area contributed by atoms with E-state index in [1.54, 1.807) is 13.0 Å². The van der Waals surface area contributed by atoms with Crippen molar-refractivity contribution in [1.29, 1.82) is 0 Å². The van der Waals surface area contributed by atoms with Crippen LogP contribution in [-0.4, -0.2) is 24.7 Å². The van der Waals surface area contributed by atoms with E-state index in [1.165, 1.54) is 6.26 Å². The number of amides is 1. The highest BCUT2D eigenvalue weighted by atomic mass is 16.7. The van der Waals surface area contributed by atoms with E-state index in [0.29, 0.717) is 24.1 Å². The molecular formula is C12H15NO4. The molecule has 1 fully saturated rings. The maximum absolute atomic E-state index is 11.6. The normalized spacial score (nSPS) is 27.2. The Balaban J connectivity index is 1.95. The molecule has 0 spiro atoms. The average Bonchev–Trinajstić information content (AvgIpc) is 2.50. The molecule has 2 rings (SSSR count). The molecule has 0 saturated carbocycles. The second-order valence-electron chi connectivity index (χ2n) is 4.12. The van der Waals surface area contributed by atoms with Crippen LogP contribution in [0, 0.1) is 0 Å². The Kier molecular flexibility index (Phi) is 3.46. The molecule has 2 aliphatic rings. The molecule has 2 aliphatic heterocycles. The summed E-state index contributed by atoms with van der Waals surface area (Å²) in [5.41, 5.74) is 1.12. The van der Waals surface area contributed by atoms with Crippen LogP contribution in [0.15, 0.2) is 23.5 Å². The molecule has 0 aromatic rings. The van der Waals surface area contributed by atoms with E-state index in [2.05, 4.69) is 5.32 Å². The molecule has 0 aromatic heterocycles. The maximum atomic E-state index is 11.6. The highest BCUT2D eigenvalue weighted by Gasteiger charge is 2.23. The number of ether oxygens (including phenoxy) is 2. The van der Waals surface area contributed by atoms with Crippen LogP contribution < -0.4 is 5.32 Å². The number of rotatable bonds is 2. The Morgan fingerprint density at radius 3 is 3.00 bits per heavy atom. The third-order valence-electron chi connectivity index (χ3n) is 2.73. The van der Waals surface area contributed by atoms with Crippen LogP contribution >= 0.6 is 0 Å². The molecule has 0 bridgehead atoms. The van der Waals surface area contributed by atoms with Crippen molar-refractivity contribution in [3.05, 3.63) is 23.5 Å². The fraction of sp³-hybridized carbons (Fsp3) is 0.500. The fourth-order valence-corrected chi connectivity index (χ4v) is 1.70. The summed E-state index contributed by atoms with van der Waals surface area (Å²) in [5, 5.41) is 2.78. The Hall–Kier alpha value is -1.78. The summed E-state index contributed by atoms with van der Waals surface area (Å²) in [7, 11) is 0. The van der Waals surface area contributed by atoms with Crippen molar-refractivity contribution in [1.82, 2.24) is 5.32 Å². The lowest BCUT2D eigenvalue weighted by Gasteiger charge is -2.09. The van der Waals surface area contributed by atoms with E-state index in [4.69, 9.17) is 9.47 Å². The van der Waals surface area contributed by atoms with Crippen LogP contribution in [0.1, 0.15) is 26.2 Å².